The van der Waals surface area contributed by atoms with Gasteiger partial charge in [0, 0.05) is 31.2 Å². The third-order valence-electron chi connectivity index (χ3n) is 3.34. The van der Waals surface area contributed by atoms with Gasteiger partial charge in [0.2, 0.25) is 5.91 Å². The Hall–Kier alpha value is -2.12. The number of hydrogen-bond donors (Lipinski definition) is 0. The van der Waals surface area contributed by atoms with Crippen molar-refractivity contribution < 1.29 is 19.1 Å². The van der Waals surface area contributed by atoms with E-state index in [9.17, 15) is 14.4 Å². The molecule has 0 bridgehead atoms. The summed E-state index contributed by atoms with van der Waals surface area (Å²) in [6, 6.07) is 7.35. The molecule has 2 rings (SSSR count). The van der Waals surface area contributed by atoms with E-state index in [1.807, 2.05) is 24.3 Å². The molecule has 128 valence electrons. The maximum Gasteiger partial charge on any atom is 0.350 e. The largest absolute Gasteiger partial charge is 0.451 e. The number of fused-ring (bicyclic) bond motifs is 1. The molecule has 0 spiro atoms. The second kappa shape index (κ2) is 7.63. The van der Waals surface area contributed by atoms with Crippen LogP contribution in [0.2, 0.25) is 5.02 Å². The highest BCUT2D eigenvalue weighted by Gasteiger charge is 2.21. The third-order valence-corrected chi connectivity index (χ3v) is 5.00. The Morgan fingerprint density at radius 3 is 2.42 bits per heavy atom. The topological polar surface area (TPSA) is 66.9 Å². The van der Waals surface area contributed by atoms with Gasteiger partial charge in [-0.05, 0) is 6.07 Å². The summed E-state index contributed by atoms with van der Waals surface area (Å²) in [7, 11) is 4.68. The Morgan fingerprint density at radius 1 is 1.12 bits per heavy atom. The van der Waals surface area contributed by atoms with E-state index in [1.165, 1.54) is 28.2 Å². The maximum absolute atomic E-state index is 12.2. The molecule has 0 radical (unpaired) electrons. The fourth-order valence-electron chi connectivity index (χ4n) is 1.88. The normalized spacial score (nSPS) is 10.5. The van der Waals surface area contributed by atoms with Crippen LogP contribution in [0.4, 0.5) is 0 Å². The minimum absolute atomic E-state index is 0.0764. The monoisotopic (exact) mass is 368 g/mol. The number of benzene rings is 1. The summed E-state index contributed by atoms with van der Waals surface area (Å²) in [5, 5.41) is 1.10. The molecule has 0 saturated carbocycles. The number of rotatable bonds is 5. The first-order chi connectivity index (χ1) is 11.3. The van der Waals surface area contributed by atoms with Crippen molar-refractivity contribution in [2.24, 2.45) is 0 Å². The van der Waals surface area contributed by atoms with Gasteiger partial charge < -0.3 is 14.5 Å². The van der Waals surface area contributed by atoms with Crippen LogP contribution in [-0.4, -0.2) is 61.9 Å². The first-order valence-corrected chi connectivity index (χ1v) is 8.29. The van der Waals surface area contributed by atoms with Gasteiger partial charge in [-0.2, -0.15) is 0 Å². The SMILES string of the molecule is CN(C)C(=O)CN(C)C(=O)COC(=O)c1sc2ccccc2c1Cl. The predicted octanol–water partition coefficient (Wildman–Crippen LogP) is 2.26. The first kappa shape index (κ1) is 18.2. The number of carbonyl (C=O) groups is 3. The highest BCUT2D eigenvalue weighted by atomic mass is 35.5. The Morgan fingerprint density at radius 2 is 1.79 bits per heavy atom. The van der Waals surface area contributed by atoms with Crippen LogP contribution >= 0.6 is 22.9 Å². The van der Waals surface area contributed by atoms with E-state index in [1.54, 1.807) is 14.1 Å². The molecule has 2 amide bonds. The van der Waals surface area contributed by atoms with Crippen LogP contribution in [0.25, 0.3) is 10.1 Å². The van der Waals surface area contributed by atoms with Crippen molar-refractivity contribution in [3.63, 3.8) is 0 Å². The zero-order valence-electron chi connectivity index (χ0n) is 13.5. The van der Waals surface area contributed by atoms with E-state index < -0.39 is 18.5 Å². The second-order valence-electron chi connectivity index (χ2n) is 5.36. The molecular weight excluding hydrogens is 352 g/mol. The number of carbonyl (C=O) groups excluding carboxylic acids is 3. The molecule has 24 heavy (non-hydrogen) atoms. The number of halogens is 1. The van der Waals surface area contributed by atoms with Gasteiger partial charge in [0.05, 0.1) is 11.6 Å². The Balaban J connectivity index is 1.98. The highest BCUT2D eigenvalue weighted by Crippen LogP contribution is 2.35. The van der Waals surface area contributed by atoms with Gasteiger partial charge in [0.25, 0.3) is 5.91 Å². The van der Waals surface area contributed by atoms with Gasteiger partial charge in [-0.25, -0.2) is 4.79 Å². The Kier molecular flexibility index (Phi) is 5.80. The number of hydrogen-bond acceptors (Lipinski definition) is 5. The predicted molar refractivity (Wildman–Crippen MR) is 93.4 cm³/mol. The van der Waals surface area contributed by atoms with Gasteiger partial charge in [0.15, 0.2) is 6.61 Å². The smallest absolute Gasteiger partial charge is 0.350 e. The summed E-state index contributed by atoms with van der Waals surface area (Å²) in [6.45, 7) is -0.520. The van der Waals surface area contributed by atoms with Crippen molar-refractivity contribution in [3.8, 4) is 0 Å². The number of amides is 2. The third kappa shape index (κ3) is 4.04. The van der Waals surface area contributed by atoms with Crippen LogP contribution in [0.1, 0.15) is 9.67 Å². The van der Waals surface area contributed by atoms with Crippen LogP contribution in [0.15, 0.2) is 24.3 Å². The number of ether oxygens (including phenoxy) is 1. The molecule has 0 unspecified atom stereocenters. The average Bonchev–Trinajstić information content (AvgIpc) is 2.89. The molecule has 1 aromatic heterocycles. The van der Waals surface area contributed by atoms with Crippen molar-refractivity contribution in [1.82, 2.24) is 9.80 Å². The quantitative estimate of drug-likeness (QED) is 0.759. The lowest BCUT2D eigenvalue weighted by molar-refractivity contribution is -0.139. The number of thiophene rings is 1. The molecule has 1 aromatic carbocycles. The fourth-order valence-corrected chi connectivity index (χ4v) is 3.28. The second-order valence-corrected chi connectivity index (χ2v) is 6.79. The lowest BCUT2D eigenvalue weighted by atomic mass is 10.2. The molecule has 0 saturated heterocycles. The summed E-state index contributed by atoms with van der Waals surface area (Å²) in [4.78, 5) is 38.5. The van der Waals surface area contributed by atoms with Crippen molar-refractivity contribution in [1.29, 1.82) is 0 Å². The summed E-state index contributed by atoms with van der Waals surface area (Å²) in [5.74, 6) is -1.33. The van der Waals surface area contributed by atoms with Crippen LogP contribution in [0, 0.1) is 0 Å². The molecule has 0 fully saturated rings. The average molecular weight is 369 g/mol. The van der Waals surface area contributed by atoms with E-state index in [4.69, 9.17) is 16.3 Å². The summed E-state index contributed by atoms with van der Waals surface area (Å²) in [6.07, 6.45) is 0. The summed E-state index contributed by atoms with van der Waals surface area (Å²) in [5.41, 5.74) is 0. The number of nitrogens with zero attached hydrogens (tertiary/aromatic N) is 2. The minimum atomic E-state index is -0.651. The van der Waals surface area contributed by atoms with Crippen LogP contribution in [0.3, 0.4) is 0 Å². The van der Waals surface area contributed by atoms with Crippen molar-refractivity contribution in [2.45, 2.75) is 0 Å². The zero-order valence-corrected chi connectivity index (χ0v) is 15.1. The molecule has 8 heteroatoms. The van der Waals surface area contributed by atoms with Crippen LogP contribution in [0.5, 0.6) is 0 Å². The first-order valence-electron chi connectivity index (χ1n) is 7.09. The van der Waals surface area contributed by atoms with Crippen molar-refractivity contribution in [2.75, 3.05) is 34.3 Å². The molecule has 0 N–H and O–H groups in total. The van der Waals surface area contributed by atoms with Crippen LogP contribution < -0.4 is 0 Å². The minimum Gasteiger partial charge on any atom is -0.451 e. The van der Waals surface area contributed by atoms with E-state index in [-0.39, 0.29) is 17.3 Å². The highest BCUT2D eigenvalue weighted by molar-refractivity contribution is 7.21. The standard InChI is InChI=1S/C16H17ClN2O4S/c1-18(2)12(20)8-19(3)13(21)9-23-16(22)15-14(17)10-6-4-5-7-11(10)24-15/h4-7H,8-9H2,1-3H3. The molecule has 1 heterocycles. The van der Waals surface area contributed by atoms with Gasteiger partial charge in [-0.1, -0.05) is 29.8 Å². The van der Waals surface area contributed by atoms with Crippen molar-refractivity contribution >= 4 is 50.8 Å². The molecule has 0 aliphatic heterocycles. The molecular formula is C16H17ClN2O4S. The molecule has 6 nitrogen and oxygen atoms in total. The van der Waals surface area contributed by atoms with E-state index in [0.29, 0.717) is 5.02 Å². The molecule has 2 aromatic rings. The number of esters is 1. The van der Waals surface area contributed by atoms with E-state index in [2.05, 4.69) is 0 Å². The summed E-state index contributed by atoms with van der Waals surface area (Å²) < 4.78 is 5.90. The zero-order chi connectivity index (χ0) is 17.9. The Bertz CT molecular complexity index is 787. The molecule has 0 atom stereocenters. The van der Waals surface area contributed by atoms with Gasteiger partial charge in [-0.3, -0.25) is 9.59 Å². The van der Waals surface area contributed by atoms with Gasteiger partial charge in [-0.15, -0.1) is 11.3 Å². The van der Waals surface area contributed by atoms with Gasteiger partial charge in [0.1, 0.15) is 4.88 Å². The van der Waals surface area contributed by atoms with E-state index >= 15 is 0 Å². The van der Waals surface area contributed by atoms with Gasteiger partial charge >= 0.3 is 5.97 Å². The van der Waals surface area contributed by atoms with E-state index in [0.717, 1.165) is 10.1 Å². The number of likely N-dealkylation sites (N-methyl/N-ethyl adjacent to an activating group) is 2. The maximum atomic E-state index is 12.2. The molecule has 0 aliphatic rings. The lowest BCUT2D eigenvalue weighted by Crippen LogP contribution is -2.39. The summed E-state index contributed by atoms with van der Waals surface area (Å²) >= 11 is 7.41. The van der Waals surface area contributed by atoms with Crippen LogP contribution in [-0.2, 0) is 14.3 Å². The molecule has 0 aliphatic carbocycles. The fraction of sp³-hybridized carbons (Fsp3) is 0.312. The van der Waals surface area contributed by atoms with Crippen molar-refractivity contribution in [3.05, 3.63) is 34.2 Å². The lowest BCUT2D eigenvalue weighted by Gasteiger charge is -2.19. The Labute approximate surface area is 148 Å².